The molecule has 0 aliphatic heterocycles. The smallest absolute Gasteiger partial charge is 0.159 e. The van der Waals surface area contributed by atoms with Crippen molar-refractivity contribution in [1.29, 1.82) is 0 Å². The van der Waals surface area contributed by atoms with E-state index in [1.807, 2.05) is 0 Å². The van der Waals surface area contributed by atoms with Crippen LogP contribution in [0.15, 0.2) is 9.30 Å². The fraction of sp³-hybridized carbons (Fsp3) is 0.625. The summed E-state index contributed by atoms with van der Waals surface area (Å²) in [5, 5.41) is 2.16. The predicted molar refractivity (Wildman–Crippen MR) is 50.9 cm³/mol. The summed E-state index contributed by atoms with van der Waals surface area (Å²) in [7, 11) is 0. The molecule has 3 heteroatoms. The summed E-state index contributed by atoms with van der Waals surface area (Å²) < 4.78 is 1.02. The van der Waals surface area contributed by atoms with Gasteiger partial charge >= 0.3 is 0 Å². The molecule has 0 N–H and O–H groups in total. The quantitative estimate of drug-likeness (QED) is 0.762. The number of rotatable bonds is 2. The maximum Gasteiger partial charge on any atom is 0.159 e. The summed E-state index contributed by atoms with van der Waals surface area (Å²) in [6, 6.07) is 0. The molecule has 0 amide bonds. The van der Waals surface area contributed by atoms with E-state index in [4.69, 9.17) is 0 Å². The van der Waals surface area contributed by atoms with Gasteiger partial charge in [-0.3, -0.25) is 0 Å². The molecule has 1 saturated carbocycles. The van der Waals surface area contributed by atoms with Crippen molar-refractivity contribution in [1.82, 2.24) is 4.98 Å². The van der Waals surface area contributed by atoms with E-state index >= 15 is 0 Å². The molecule has 11 heavy (non-hydrogen) atoms. The molecule has 60 valence electrons. The van der Waals surface area contributed by atoms with Crippen LogP contribution in [-0.4, -0.2) is 4.98 Å². The lowest BCUT2D eigenvalue weighted by Gasteiger charge is -2.24. The number of hydrogen-bond acceptors (Lipinski definition) is 2. The van der Waals surface area contributed by atoms with Gasteiger partial charge in [-0.05, 0) is 28.3 Å². The van der Waals surface area contributed by atoms with Gasteiger partial charge in [-0.25, -0.2) is 4.98 Å². The molecule has 1 heterocycles. The van der Waals surface area contributed by atoms with E-state index < -0.39 is 0 Å². The minimum atomic E-state index is 0.934. The van der Waals surface area contributed by atoms with Crippen molar-refractivity contribution < 1.29 is 0 Å². The summed E-state index contributed by atoms with van der Waals surface area (Å²) >= 11 is 5.06. The largest absolute Gasteiger partial charge is 0.234 e. The molecular weight excluding hydrogens is 222 g/mol. The fourth-order valence-corrected chi connectivity index (χ4v) is 2.43. The maximum atomic E-state index is 4.37. The van der Waals surface area contributed by atoms with Crippen molar-refractivity contribution >= 4 is 27.3 Å². The van der Waals surface area contributed by atoms with Gasteiger partial charge in [-0.15, -0.1) is 11.3 Å². The van der Waals surface area contributed by atoms with Gasteiger partial charge in [0.2, 0.25) is 0 Å². The van der Waals surface area contributed by atoms with Gasteiger partial charge in [0.05, 0.1) is 5.69 Å². The Morgan fingerprint density at radius 1 is 1.64 bits per heavy atom. The molecule has 1 aromatic heterocycles. The Balaban J connectivity index is 1.95. The number of nitrogens with zero attached hydrogens (tertiary/aromatic N) is 1. The molecular formula is C8H10BrNS. The first kappa shape index (κ1) is 7.74. The third-order valence-corrected chi connectivity index (χ3v) is 3.66. The van der Waals surface area contributed by atoms with Crippen LogP contribution in [0, 0.1) is 5.92 Å². The zero-order valence-electron chi connectivity index (χ0n) is 6.22. The normalized spacial score (nSPS) is 18.3. The van der Waals surface area contributed by atoms with Gasteiger partial charge < -0.3 is 0 Å². The number of hydrogen-bond donors (Lipinski definition) is 0. The average Bonchev–Trinajstić information content (AvgIpc) is 2.27. The molecule has 0 radical (unpaired) electrons. The minimum absolute atomic E-state index is 0.934. The highest BCUT2D eigenvalue weighted by Gasteiger charge is 2.18. The molecule has 1 aromatic rings. The number of aromatic nitrogens is 1. The number of halogens is 1. The van der Waals surface area contributed by atoms with E-state index in [9.17, 15) is 0 Å². The SMILES string of the molecule is Brc1nc(CC2CCC2)cs1. The van der Waals surface area contributed by atoms with Crippen molar-refractivity contribution in [2.75, 3.05) is 0 Å². The van der Waals surface area contributed by atoms with Crippen molar-refractivity contribution in [2.45, 2.75) is 25.7 Å². The number of thiazole rings is 1. The summed E-state index contributed by atoms with van der Waals surface area (Å²) in [6.07, 6.45) is 5.45. The van der Waals surface area contributed by atoms with Crippen LogP contribution >= 0.6 is 27.3 Å². The lowest BCUT2D eigenvalue weighted by molar-refractivity contribution is 0.312. The van der Waals surface area contributed by atoms with E-state index in [0.29, 0.717) is 0 Å². The van der Waals surface area contributed by atoms with Crippen LogP contribution < -0.4 is 0 Å². The Hall–Kier alpha value is 0.110. The Morgan fingerprint density at radius 2 is 2.45 bits per heavy atom. The van der Waals surface area contributed by atoms with Crippen molar-refractivity contribution in [2.24, 2.45) is 5.92 Å². The van der Waals surface area contributed by atoms with Crippen LogP contribution in [0.25, 0.3) is 0 Å². The van der Waals surface area contributed by atoms with Crippen molar-refractivity contribution in [3.8, 4) is 0 Å². The van der Waals surface area contributed by atoms with Crippen LogP contribution in [0.5, 0.6) is 0 Å². The van der Waals surface area contributed by atoms with E-state index in [1.54, 1.807) is 11.3 Å². The Labute approximate surface area is 79.0 Å². The lowest BCUT2D eigenvalue weighted by atomic mass is 9.82. The van der Waals surface area contributed by atoms with Crippen molar-refractivity contribution in [3.63, 3.8) is 0 Å². The third-order valence-electron chi connectivity index (χ3n) is 2.25. The predicted octanol–water partition coefficient (Wildman–Crippen LogP) is 3.25. The van der Waals surface area contributed by atoms with Crippen LogP contribution in [0.4, 0.5) is 0 Å². The Bertz CT molecular complexity index is 242. The van der Waals surface area contributed by atoms with E-state index in [2.05, 4.69) is 26.3 Å². The lowest BCUT2D eigenvalue weighted by Crippen LogP contribution is -2.13. The van der Waals surface area contributed by atoms with Gasteiger partial charge in [-0.1, -0.05) is 19.3 Å². The monoisotopic (exact) mass is 231 g/mol. The van der Waals surface area contributed by atoms with Crippen LogP contribution in [0.1, 0.15) is 25.0 Å². The fourth-order valence-electron chi connectivity index (χ4n) is 1.37. The highest BCUT2D eigenvalue weighted by Crippen LogP contribution is 2.30. The molecule has 1 aliphatic carbocycles. The highest BCUT2D eigenvalue weighted by molar-refractivity contribution is 9.11. The molecule has 2 rings (SSSR count). The highest BCUT2D eigenvalue weighted by atomic mass is 79.9. The van der Waals surface area contributed by atoms with E-state index in [0.717, 1.165) is 9.83 Å². The molecule has 0 atom stereocenters. The third kappa shape index (κ3) is 1.82. The van der Waals surface area contributed by atoms with Crippen molar-refractivity contribution in [3.05, 3.63) is 15.0 Å². The second kappa shape index (κ2) is 3.23. The first-order valence-corrected chi connectivity index (χ1v) is 5.62. The van der Waals surface area contributed by atoms with Crippen LogP contribution in [0.2, 0.25) is 0 Å². The van der Waals surface area contributed by atoms with Gasteiger partial charge in [0.1, 0.15) is 0 Å². The molecule has 1 aliphatic rings. The Morgan fingerprint density at radius 3 is 2.91 bits per heavy atom. The van der Waals surface area contributed by atoms with Crippen LogP contribution in [-0.2, 0) is 6.42 Å². The summed E-state index contributed by atoms with van der Waals surface area (Å²) in [6.45, 7) is 0. The van der Waals surface area contributed by atoms with Crippen LogP contribution in [0.3, 0.4) is 0 Å². The molecule has 1 fully saturated rings. The first-order chi connectivity index (χ1) is 5.34. The van der Waals surface area contributed by atoms with E-state index in [-0.39, 0.29) is 0 Å². The molecule has 0 unspecified atom stereocenters. The first-order valence-electron chi connectivity index (χ1n) is 3.94. The molecule has 1 nitrogen and oxygen atoms in total. The van der Waals surface area contributed by atoms with Gasteiger partial charge in [0, 0.05) is 5.38 Å². The molecule has 0 aromatic carbocycles. The zero-order valence-corrected chi connectivity index (χ0v) is 8.62. The second-order valence-electron chi connectivity index (χ2n) is 3.09. The average molecular weight is 232 g/mol. The topological polar surface area (TPSA) is 12.9 Å². The maximum absolute atomic E-state index is 4.37. The molecule has 0 spiro atoms. The Kier molecular flexibility index (Phi) is 2.28. The zero-order chi connectivity index (χ0) is 7.68. The summed E-state index contributed by atoms with van der Waals surface area (Å²) in [5.41, 5.74) is 1.27. The van der Waals surface area contributed by atoms with Gasteiger partial charge in [-0.2, -0.15) is 0 Å². The molecule has 0 bridgehead atoms. The van der Waals surface area contributed by atoms with Gasteiger partial charge in [0.25, 0.3) is 0 Å². The van der Waals surface area contributed by atoms with E-state index in [1.165, 1.54) is 31.4 Å². The minimum Gasteiger partial charge on any atom is -0.234 e. The summed E-state index contributed by atoms with van der Waals surface area (Å²) in [4.78, 5) is 4.37. The standard InChI is InChI=1S/C8H10BrNS/c9-8-10-7(5-11-8)4-6-2-1-3-6/h5-6H,1-4H2. The second-order valence-corrected chi connectivity index (χ2v) is 5.23. The summed E-state index contributed by atoms with van der Waals surface area (Å²) in [5.74, 6) is 0.934. The van der Waals surface area contributed by atoms with Gasteiger partial charge in [0.15, 0.2) is 3.92 Å². The molecule has 0 saturated heterocycles.